The van der Waals surface area contributed by atoms with Gasteiger partial charge in [0.05, 0.1) is 4.92 Å². The second-order valence-corrected chi connectivity index (χ2v) is 5.47. The zero-order chi connectivity index (χ0) is 14.4. The lowest BCUT2D eigenvalue weighted by molar-refractivity contribution is -0.384. The second kappa shape index (κ2) is 7.01. The minimum absolute atomic E-state index is 0.119. The number of nitrogens with zero attached hydrogens (tertiary/aromatic N) is 1. The first-order chi connectivity index (χ1) is 9.66. The van der Waals surface area contributed by atoms with Crippen molar-refractivity contribution in [1.29, 1.82) is 0 Å². The van der Waals surface area contributed by atoms with Gasteiger partial charge in [0.2, 0.25) is 0 Å². The topological polar surface area (TPSA) is 43.1 Å². The van der Waals surface area contributed by atoms with Gasteiger partial charge in [-0.25, -0.2) is 0 Å². The van der Waals surface area contributed by atoms with Crippen LogP contribution in [0.2, 0.25) is 0 Å². The monoisotopic (exact) mass is 331 g/mol. The first kappa shape index (κ1) is 14.5. The van der Waals surface area contributed by atoms with E-state index >= 15 is 0 Å². The fourth-order valence-electron chi connectivity index (χ4n) is 1.83. The maximum Gasteiger partial charge on any atom is 0.269 e. The van der Waals surface area contributed by atoms with Crippen molar-refractivity contribution in [2.75, 3.05) is 0 Å². The van der Waals surface area contributed by atoms with Gasteiger partial charge in [0.15, 0.2) is 0 Å². The van der Waals surface area contributed by atoms with Crippen LogP contribution in [0.5, 0.6) is 0 Å². The van der Waals surface area contributed by atoms with Gasteiger partial charge in [0.25, 0.3) is 5.69 Å². The first-order valence-corrected chi connectivity index (χ1v) is 7.18. The molecule has 0 bridgehead atoms. The van der Waals surface area contributed by atoms with Crippen LogP contribution in [0.15, 0.2) is 60.7 Å². The van der Waals surface area contributed by atoms with Crippen LogP contribution >= 0.6 is 15.9 Å². The lowest BCUT2D eigenvalue weighted by atomic mass is 10.1. The smallest absolute Gasteiger partial charge is 0.258 e. The molecule has 2 aromatic carbocycles. The molecule has 1 atom stereocenters. The Morgan fingerprint density at radius 3 is 2.35 bits per heavy atom. The van der Waals surface area contributed by atoms with E-state index in [1.54, 1.807) is 12.1 Å². The minimum Gasteiger partial charge on any atom is -0.258 e. The zero-order valence-corrected chi connectivity index (χ0v) is 12.4. The summed E-state index contributed by atoms with van der Waals surface area (Å²) >= 11 is 3.60. The largest absolute Gasteiger partial charge is 0.269 e. The van der Waals surface area contributed by atoms with E-state index < -0.39 is 0 Å². The molecule has 0 spiro atoms. The molecular weight excluding hydrogens is 318 g/mol. The fraction of sp³-hybridized carbons (Fsp3) is 0.125. The van der Waals surface area contributed by atoms with Crippen molar-refractivity contribution in [3.8, 4) is 0 Å². The number of halogens is 1. The molecule has 0 heterocycles. The van der Waals surface area contributed by atoms with Crippen molar-refractivity contribution < 1.29 is 4.92 Å². The minimum atomic E-state index is -0.387. The van der Waals surface area contributed by atoms with Gasteiger partial charge < -0.3 is 0 Å². The molecule has 0 aromatic heterocycles. The first-order valence-electron chi connectivity index (χ1n) is 6.27. The molecule has 0 N–H and O–H groups in total. The number of nitro benzene ring substituents is 1. The molecule has 0 radical (unpaired) electrons. The molecule has 1 unspecified atom stereocenters. The predicted octanol–water partition coefficient (Wildman–Crippen LogP) is 5.13. The highest BCUT2D eigenvalue weighted by Crippen LogP contribution is 2.28. The molecule has 2 aromatic rings. The van der Waals surface area contributed by atoms with E-state index in [2.05, 4.69) is 28.1 Å². The Balaban J connectivity index is 1.96. The number of rotatable bonds is 5. The Morgan fingerprint density at radius 1 is 1.10 bits per heavy atom. The van der Waals surface area contributed by atoms with E-state index in [4.69, 9.17) is 0 Å². The number of hydrogen-bond acceptors (Lipinski definition) is 2. The molecule has 0 saturated carbocycles. The van der Waals surface area contributed by atoms with Crippen LogP contribution in [0.25, 0.3) is 6.08 Å². The van der Waals surface area contributed by atoms with Crippen LogP contribution in [0.1, 0.15) is 22.4 Å². The van der Waals surface area contributed by atoms with Crippen molar-refractivity contribution >= 4 is 27.7 Å². The fourth-order valence-corrected chi connectivity index (χ4v) is 2.35. The normalized spacial score (nSPS) is 12.4. The predicted molar refractivity (Wildman–Crippen MR) is 84.9 cm³/mol. The number of allylic oxidation sites excluding steroid dienone is 1. The third-order valence-electron chi connectivity index (χ3n) is 2.92. The molecule has 0 aliphatic heterocycles. The van der Waals surface area contributed by atoms with Crippen LogP contribution in [0, 0.1) is 10.1 Å². The van der Waals surface area contributed by atoms with Crippen molar-refractivity contribution in [2.45, 2.75) is 11.2 Å². The van der Waals surface area contributed by atoms with Crippen molar-refractivity contribution in [1.82, 2.24) is 0 Å². The Labute approximate surface area is 126 Å². The standard InChI is InChI=1S/C16H14BrNO2/c17-16(8-4-7-13-5-2-1-3-6-13)14-9-11-15(12-10-14)18(19)20/h1-7,9-12,16H,8H2/b7-4+. The molecule has 0 aliphatic carbocycles. The van der Waals surface area contributed by atoms with Gasteiger partial charge in [0, 0.05) is 17.0 Å². The Kier molecular flexibility index (Phi) is 5.07. The van der Waals surface area contributed by atoms with Crippen LogP contribution in [0.4, 0.5) is 5.69 Å². The summed E-state index contributed by atoms with van der Waals surface area (Å²) in [4.78, 5) is 10.4. The Morgan fingerprint density at radius 2 is 1.75 bits per heavy atom. The van der Waals surface area contributed by atoms with Crippen LogP contribution in [-0.2, 0) is 0 Å². The van der Waals surface area contributed by atoms with Crippen molar-refractivity contribution in [3.05, 3.63) is 81.9 Å². The highest BCUT2D eigenvalue weighted by Gasteiger charge is 2.08. The number of alkyl halides is 1. The van der Waals surface area contributed by atoms with Gasteiger partial charge >= 0.3 is 0 Å². The van der Waals surface area contributed by atoms with Gasteiger partial charge in [-0.2, -0.15) is 0 Å². The van der Waals surface area contributed by atoms with E-state index in [0.29, 0.717) is 0 Å². The van der Waals surface area contributed by atoms with Crippen molar-refractivity contribution in [3.63, 3.8) is 0 Å². The van der Waals surface area contributed by atoms with Gasteiger partial charge in [-0.15, -0.1) is 0 Å². The van der Waals surface area contributed by atoms with E-state index in [0.717, 1.165) is 17.5 Å². The molecule has 0 saturated heterocycles. The molecule has 20 heavy (non-hydrogen) atoms. The maximum atomic E-state index is 10.6. The average Bonchev–Trinajstić information content (AvgIpc) is 2.48. The van der Waals surface area contributed by atoms with E-state index in [1.807, 2.05) is 30.3 Å². The molecule has 2 rings (SSSR count). The quantitative estimate of drug-likeness (QED) is 0.432. The third-order valence-corrected chi connectivity index (χ3v) is 3.82. The summed E-state index contributed by atoms with van der Waals surface area (Å²) in [7, 11) is 0. The van der Waals surface area contributed by atoms with Gasteiger partial charge in [-0.1, -0.05) is 70.5 Å². The third kappa shape index (κ3) is 4.03. The molecule has 0 amide bonds. The summed E-state index contributed by atoms with van der Waals surface area (Å²) in [5, 5.41) is 10.6. The van der Waals surface area contributed by atoms with Gasteiger partial charge in [-0.05, 0) is 17.5 Å². The van der Waals surface area contributed by atoms with Crippen LogP contribution < -0.4 is 0 Å². The summed E-state index contributed by atoms with van der Waals surface area (Å²) in [5.41, 5.74) is 2.32. The highest BCUT2D eigenvalue weighted by molar-refractivity contribution is 9.09. The second-order valence-electron chi connectivity index (χ2n) is 4.36. The summed E-state index contributed by atoms with van der Waals surface area (Å²) < 4.78 is 0. The summed E-state index contributed by atoms with van der Waals surface area (Å²) in [5.74, 6) is 0. The molecule has 102 valence electrons. The van der Waals surface area contributed by atoms with Crippen LogP contribution in [-0.4, -0.2) is 4.92 Å². The van der Waals surface area contributed by atoms with E-state index in [1.165, 1.54) is 12.1 Å². The molecular formula is C16H14BrNO2. The zero-order valence-electron chi connectivity index (χ0n) is 10.8. The highest BCUT2D eigenvalue weighted by atomic mass is 79.9. The number of benzene rings is 2. The Bertz CT molecular complexity index is 594. The molecule has 3 nitrogen and oxygen atoms in total. The molecule has 0 aliphatic rings. The molecule has 4 heteroatoms. The molecule has 0 fully saturated rings. The van der Waals surface area contributed by atoms with E-state index in [-0.39, 0.29) is 15.4 Å². The van der Waals surface area contributed by atoms with Gasteiger partial charge in [0.1, 0.15) is 0 Å². The average molecular weight is 332 g/mol. The van der Waals surface area contributed by atoms with Crippen molar-refractivity contribution in [2.24, 2.45) is 0 Å². The van der Waals surface area contributed by atoms with Crippen LogP contribution in [0.3, 0.4) is 0 Å². The Hall–Kier alpha value is -1.94. The van der Waals surface area contributed by atoms with E-state index in [9.17, 15) is 10.1 Å². The maximum absolute atomic E-state index is 10.6. The summed E-state index contributed by atoms with van der Waals surface area (Å²) in [6, 6.07) is 16.7. The lowest BCUT2D eigenvalue weighted by Crippen LogP contribution is -1.91. The number of nitro groups is 1. The summed E-state index contributed by atoms with van der Waals surface area (Å²) in [6.07, 6.45) is 4.99. The lowest BCUT2D eigenvalue weighted by Gasteiger charge is -2.06. The van der Waals surface area contributed by atoms with Gasteiger partial charge in [-0.3, -0.25) is 10.1 Å². The number of hydrogen-bond donors (Lipinski definition) is 0. The number of non-ortho nitro benzene ring substituents is 1. The summed E-state index contributed by atoms with van der Waals surface area (Å²) in [6.45, 7) is 0. The SMILES string of the molecule is O=[N+]([O-])c1ccc(C(Br)C/C=C/c2ccccc2)cc1.